The van der Waals surface area contributed by atoms with E-state index in [1.807, 2.05) is 32.0 Å². The van der Waals surface area contributed by atoms with E-state index in [2.05, 4.69) is 5.32 Å². The number of nitrogens with zero attached hydrogens (tertiary/aromatic N) is 1. The van der Waals surface area contributed by atoms with Crippen molar-refractivity contribution in [3.8, 4) is 0 Å². The van der Waals surface area contributed by atoms with E-state index in [9.17, 15) is 9.59 Å². The Kier molecular flexibility index (Phi) is 4.61. The van der Waals surface area contributed by atoms with Gasteiger partial charge >= 0.3 is 6.09 Å². The smallest absolute Gasteiger partial charge is 0.409 e. The van der Waals surface area contributed by atoms with Gasteiger partial charge < -0.3 is 15.0 Å². The zero-order valence-electron chi connectivity index (χ0n) is 11.9. The summed E-state index contributed by atoms with van der Waals surface area (Å²) in [5.41, 5.74) is 2.96. The number of carbonyl (C=O) groups excluding carboxylic acids is 2. The molecule has 2 rings (SSSR count). The van der Waals surface area contributed by atoms with E-state index in [4.69, 9.17) is 4.74 Å². The van der Waals surface area contributed by atoms with Gasteiger partial charge in [-0.2, -0.15) is 0 Å². The number of anilines is 1. The van der Waals surface area contributed by atoms with E-state index in [1.165, 1.54) is 0 Å². The Morgan fingerprint density at radius 3 is 2.95 bits per heavy atom. The molecular weight excluding hydrogens is 256 g/mol. The van der Waals surface area contributed by atoms with Crippen LogP contribution in [0, 0.1) is 13.8 Å². The standard InChI is InChI=1S/C15H20N2O3/c1-11-4-5-12(2)13(10-11)16-14(18)6-8-17-7-3-9-20-15(17)19/h4-5,10H,3,6-9H2,1-2H3,(H,16,18). The maximum atomic E-state index is 11.9. The summed E-state index contributed by atoms with van der Waals surface area (Å²) in [6.45, 7) is 5.48. The Morgan fingerprint density at radius 1 is 1.40 bits per heavy atom. The van der Waals surface area contributed by atoms with Crippen molar-refractivity contribution >= 4 is 17.7 Å². The van der Waals surface area contributed by atoms with Crippen molar-refractivity contribution in [1.29, 1.82) is 0 Å². The molecule has 1 fully saturated rings. The summed E-state index contributed by atoms with van der Waals surface area (Å²) in [5, 5.41) is 2.89. The molecule has 0 bridgehead atoms. The van der Waals surface area contributed by atoms with Crippen LogP contribution in [0.5, 0.6) is 0 Å². The highest BCUT2D eigenvalue weighted by atomic mass is 16.6. The van der Waals surface area contributed by atoms with Crippen LogP contribution in [0.3, 0.4) is 0 Å². The first-order valence-corrected chi connectivity index (χ1v) is 6.85. The normalized spacial score (nSPS) is 14.9. The minimum atomic E-state index is -0.323. The number of benzene rings is 1. The molecule has 0 spiro atoms. The van der Waals surface area contributed by atoms with Crippen LogP contribution in [-0.4, -0.2) is 36.6 Å². The molecule has 0 atom stereocenters. The van der Waals surface area contributed by atoms with E-state index in [0.717, 1.165) is 23.2 Å². The summed E-state index contributed by atoms with van der Waals surface area (Å²) in [7, 11) is 0. The van der Waals surface area contributed by atoms with E-state index < -0.39 is 0 Å². The largest absolute Gasteiger partial charge is 0.449 e. The van der Waals surface area contributed by atoms with Gasteiger partial charge in [-0.15, -0.1) is 0 Å². The number of carbonyl (C=O) groups is 2. The predicted molar refractivity (Wildman–Crippen MR) is 76.7 cm³/mol. The predicted octanol–water partition coefficient (Wildman–Crippen LogP) is 2.47. The van der Waals surface area contributed by atoms with E-state index in [0.29, 0.717) is 19.7 Å². The van der Waals surface area contributed by atoms with Gasteiger partial charge in [0.2, 0.25) is 5.91 Å². The third-order valence-corrected chi connectivity index (χ3v) is 3.33. The molecule has 1 saturated heterocycles. The number of amides is 2. The highest BCUT2D eigenvalue weighted by Crippen LogP contribution is 2.16. The first-order valence-electron chi connectivity index (χ1n) is 6.85. The fourth-order valence-electron chi connectivity index (χ4n) is 2.12. The number of hydrogen-bond acceptors (Lipinski definition) is 3. The van der Waals surface area contributed by atoms with Gasteiger partial charge in [-0.05, 0) is 37.5 Å². The average Bonchev–Trinajstić information content (AvgIpc) is 2.42. The van der Waals surface area contributed by atoms with Gasteiger partial charge in [-0.1, -0.05) is 12.1 Å². The molecule has 0 saturated carbocycles. The van der Waals surface area contributed by atoms with Gasteiger partial charge in [0.15, 0.2) is 0 Å². The molecule has 0 aliphatic carbocycles. The lowest BCUT2D eigenvalue weighted by atomic mass is 10.1. The van der Waals surface area contributed by atoms with Crippen LogP contribution >= 0.6 is 0 Å². The van der Waals surface area contributed by atoms with E-state index in [1.54, 1.807) is 4.90 Å². The number of hydrogen-bond donors (Lipinski definition) is 1. The highest BCUT2D eigenvalue weighted by Gasteiger charge is 2.20. The summed E-state index contributed by atoms with van der Waals surface area (Å²) < 4.78 is 4.93. The summed E-state index contributed by atoms with van der Waals surface area (Å²) in [6, 6.07) is 5.93. The Bertz CT molecular complexity index is 514. The third kappa shape index (κ3) is 3.73. The molecule has 1 aliphatic rings. The highest BCUT2D eigenvalue weighted by molar-refractivity contribution is 5.91. The fourth-order valence-corrected chi connectivity index (χ4v) is 2.12. The molecule has 108 valence electrons. The van der Waals surface area contributed by atoms with Crippen LogP contribution in [0.15, 0.2) is 18.2 Å². The Balaban J connectivity index is 1.86. The van der Waals surface area contributed by atoms with Crippen LogP contribution in [0.2, 0.25) is 0 Å². The molecule has 5 heteroatoms. The lowest BCUT2D eigenvalue weighted by Crippen LogP contribution is -2.39. The van der Waals surface area contributed by atoms with Crippen molar-refractivity contribution in [1.82, 2.24) is 4.90 Å². The lowest BCUT2D eigenvalue weighted by Gasteiger charge is -2.25. The molecule has 1 N–H and O–H groups in total. The van der Waals surface area contributed by atoms with Gasteiger partial charge in [0.05, 0.1) is 6.61 Å². The SMILES string of the molecule is Cc1ccc(C)c(NC(=O)CCN2CCCOC2=O)c1. The second-order valence-electron chi connectivity index (χ2n) is 5.07. The van der Waals surface area contributed by atoms with Crippen LogP contribution in [0.4, 0.5) is 10.5 Å². The first-order chi connectivity index (χ1) is 9.56. The number of nitrogens with one attached hydrogen (secondary N) is 1. The van der Waals surface area contributed by atoms with Crippen LogP contribution in [0.1, 0.15) is 24.0 Å². The van der Waals surface area contributed by atoms with E-state index >= 15 is 0 Å². The second kappa shape index (κ2) is 6.41. The molecule has 1 aliphatic heterocycles. The maximum Gasteiger partial charge on any atom is 0.409 e. The van der Waals surface area contributed by atoms with Crippen molar-refractivity contribution < 1.29 is 14.3 Å². The van der Waals surface area contributed by atoms with Gasteiger partial charge in [0.25, 0.3) is 0 Å². The Hall–Kier alpha value is -2.04. The summed E-state index contributed by atoms with van der Waals surface area (Å²) in [5.74, 6) is -0.0860. The van der Waals surface area contributed by atoms with Crippen molar-refractivity contribution in [2.75, 3.05) is 25.0 Å². The molecule has 20 heavy (non-hydrogen) atoms. The fraction of sp³-hybridized carbons (Fsp3) is 0.467. The van der Waals surface area contributed by atoms with Gasteiger partial charge in [-0.3, -0.25) is 4.79 Å². The lowest BCUT2D eigenvalue weighted by molar-refractivity contribution is -0.116. The molecule has 1 aromatic carbocycles. The van der Waals surface area contributed by atoms with Crippen LogP contribution in [-0.2, 0) is 9.53 Å². The maximum absolute atomic E-state index is 11.9. The summed E-state index contributed by atoms with van der Waals surface area (Å²) in [4.78, 5) is 24.9. The van der Waals surface area contributed by atoms with Crippen molar-refractivity contribution in [3.05, 3.63) is 29.3 Å². The quantitative estimate of drug-likeness (QED) is 0.919. The minimum absolute atomic E-state index is 0.0860. The van der Waals surface area contributed by atoms with Crippen LogP contribution < -0.4 is 5.32 Å². The molecule has 1 aromatic rings. The number of ether oxygens (including phenoxy) is 1. The Labute approximate surface area is 118 Å². The summed E-state index contributed by atoms with van der Waals surface area (Å²) >= 11 is 0. The van der Waals surface area contributed by atoms with E-state index in [-0.39, 0.29) is 18.4 Å². The van der Waals surface area contributed by atoms with Crippen LogP contribution in [0.25, 0.3) is 0 Å². The number of aryl methyl sites for hydroxylation is 2. The van der Waals surface area contributed by atoms with Gasteiger partial charge in [0.1, 0.15) is 0 Å². The molecule has 0 aromatic heterocycles. The first kappa shape index (κ1) is 14.4. The summed E-state index contributed by atoms with van der Waals surface area (Å²) in [6.07, 6.45) is 0.781. The third-order valence-electron chi connectivity index (χ3n) is 3.33. The number of cyclic esters (lactones) is 1. The molecule has 1 heterocycles. The molecule has 0 radical (unpaired) electrons. The molecular formula is C15H20N2O3. The minimum Gasteiger partial charge on any atom is -0.449 e. The topological polar surface area (TPSA) is 58.6 Å². The second-order valence-corrected chi connectivity index (χ2v) is 5.07. The molecule has 5 nitrogen and oxygen atoms in total. The molecule has 2 amide bonds. The molecule has 0 unspecified atom stereocenters. The average molecular weight is 276 g/mol. The van der Waals surface area contributed by atoms with Crippen molar-refractivity contribution in [2.24, 2.45) is 0 Å². The van der Waals surface area contributed by atoms with Crippen molar-refractivity contribution in [2.45, 2.75) is 26.7 Å². The van der Waals surface area contributed by atoms with Gasteiger partial charge in [-0.25, -0.2) is 4.79 Å². The van der Waals surface area contributed by atoms with Crippen molar-refractivity contribution in [3.63, 3.8) is 0 Å². The Morgan fingerprint density at radius 2 is 2.20 bits per heavy atom. The zero-order valence-corrected chi connectivity index (χ0v) is 11.9. The number of rotatable bonds is 4. The zero-order chi connectivity index (χ0) is 14.5. The van der Waals surface area contributed by atoms with Gasteiger partial charge in [0, 0.05) is 25.2 Å². The monoisotopic (exact) mass is 276 g/mol.